The summed E-state index contributed by atoms with van der Waals surface area (Å²) in [4.78, 5) is 0. The highest BCUT2D eigenvalue weighted by atomic mass is 32.1. The van der Waals surface area contributed by atoms with Gasteiger partial charge >= 0.3 is 0 Å². The first-order valence-corrected chi connectivity index (χ1v) is 6.95. The summed E-state index contributed by atoms with van der Waals surface area (Å²) in [6.07, 6.45) is 5.56. The summed E-state index contributed by atoms with van der Waals surface area (Å²) in [6.45, 7) is 5.65. The Morgan fingerprint density at radius 3 is 2.93 bits per heavy atom. The van der Waals surface area contributed by atoms with Crippen molar-refractivity contribution in [3.8, 4) is 0 Å². The van der Waals surface area contributed by atoms with Gasteiger partial charge in [0, 0.05) is 12.6 Å². The normalized spacial score (nSPS) is 26.8. The van der Waals surface area contributed by atoms with Gasteiger partial charge in [-0.25, -0.2) is 0 Å². The van der Waals surface area contributed by atoms with Crippen molar-refractivity contribution in [2.45, 2.75) is 52.1 Å². The monoisotopic (exact) mass is 223 g/mol. The predicted molar refractivity (Wildman–Crippen MR) is 67.3 cm³/mol. The largest absolute Gasteiger partial charge is 0.310 e. The Hall–Kier alpha value is -0.340. The first kappa shape index (κ1) is 11.2. The number of rotatable bonds is 3. The Labute approximate surface area is 96.9 Å². The van der Waals surface area contributed by atoms with E-state index in [-0.39, 0.29) is 0 Å². The summed E-state index contributed by atoms with van der Waals surface area (Å²) >= 11 is 1.81. The molecular weight excluding hydrogens is 202 g/mol. The third-order valence-corrected chi connectivity index (χ3v) is 4.39. The van der Waals surface area contributed by atoms with Gasteiger partial charge in [0.15, 0.2) is 0 Å². The summed E-state index contributed by atoms with van der Waals surface area (Å²) in [6, 6.07) is 0.757. The van der Waals surface area contributed by atoms with Crippen LogP contribution < -0.4 is 5.32 Å². The first-order chi connectivity index (χ1) is 7.25. The van der Waals surface area contributed by atoms with Gasteiger partial charge in [-0.05, 0) is 47.6 Å². The number of hydrogen-bond acceptors (Lipinski definition) is 2. The minimum absolute atomic E-state index is 0.757. The zero-order chi connectivity index (χ0) is 10.7. The van der Waals surface area contributed by atoms with E-state index >= 15 is 0 Å². The number of thiophene rings is 1. The van der Waals surface area contributed by atoms with Gasteiger partial charge in [0.05, 0.1) is 0 Å². The second-order valence-electron chi connectivity index (χ2n) is 4.93. The Morgan fingerprint density at radius 1 is 1.40 bits per heavy atom. The highest BCUT2D eigenvalue weighted by Gasteiger charge is 2.18. The fourth-order valence-corrected chi connectivity index (χ4v) is 3.30. The molecule has 2 unspecified atom stereocenters. The van der Waals surface area contributed by atoms with Crippen LogP contribution in [0.3, 0.4) is 0 Å². The Morgan fingerprint density at radius 2 is 2.27 bits per heavy atom. The second-order valence-corrected chi connectivity index (χ2v) is 5.67. The van der Waals surface area contributed by atoms with Gasteiger partial charge in [-0.1, -0.05) is 19.8 Å². The van der Waals surface area contributed by atoms with Crippen LogP contribution in [0.25, 0.3) is 0 Å². The van der Waals surface area contributed by atoms with Crippen LogP contribution in [-0.4, -0.2) is 6.04 Å². The molecule has 0 saturated heterocycles. The zero-order valence-corrected chi connectivity index (χ0v) is 10.6. The standard InChI is InChI=1S/C13H21NS/c1-10-4-3-5-13(6-10)14-7-12-9-15-8-11(12)2/h8-10,13-14H,3-7H2,1-2H3. The molecule has 1 aromatic rings. The van der Waals surface area contributed by atoms with Crippen molar-refractivity contribution in [2.24, 2.45) is 5.92 Å². The Bertz CT molecular complexity index is 305. The summed E-state index contributed by atoms with van der Waals surface area (Å²) in [5, 5.41) is 8.21. The minimum Gasteiger partial charge on any atom is -0.310 e. The summed E-state index contributed by atoms with van der Waals surface area (Å²) in [5.74, 6) is 0.917. The molecular formula is C13H21NS. The molecule has 0 amide bonds. The molecule has 1 aliphatic carbocycles. The van der Waals surface area contributed by atoms with Crippen molar-refractivity contribution in [2.75, 3.05) is 0 Å². The summed E-state index contributed by atoms with van der Waals surface area (Å²) in [5.41, 5.74) is 2.93. The molecule has 0 spiro atoms. The van der Waals surface area contributed by atoms with E-state index < -0.39 is 0 Å². The molecule has 1 aliphatic rings. The van der Waals surface area contributed by atoms with Crippen LogP contribution in [0.1, 0.15) is 43.7 Å². The van der Waals surface area contributed by atoms with Crippen LogP contribution in [0.5, 0.6) is 0 Å². The van der Waals surface area contributed by atoms with Crippen molar-refractivity contribution in [1.82, 2.24) is 5.32 Å². The third kappa shape index (κ3) is 3.05. The molecule has 2 atom stereocenters. The molecule has 0 radical (unpaired) electrons. The molecule has 84 valence electrons. The molecule has 1 saturated carbocycles. The van der Waals surface area contributed by atoms with Gasteiger partial charge in [0.1, 0.15) is 0 Å². The van der Waals surface area contributed by atoms with Gasteiger partial charge in [-0.15, -0.1) is 0 Å². The lowest BCUT2D eigenvalue weighted by atomic mass is 9.87. The Balaban J connectivity index is 1.80. The first-order valence-electron chi connectivity index (χ1n) is 6.00. The van der Waals surface area contributed by atoms with Gasteiger partial charge in [-0.2, -0.15) is 11.3 Å². The maximum Gasteiger partial charge on any atom is 0.0218 e. The fourth-order valence-electron chi connectivity index (χ4n) is 2.44. The zero-order valence-electron chi connectivity index (χ0n) is 9.75. The van der Waals surface area contributed by atoms with E-state index in [1.807, 2.05) is 11.3 Å². The maximum atomic E-state index is 3.70. The summed E-state index contributed by atoms with van der Waals surface area (Å²) < 4.78 is 0. The topological polar surface area (TPSA) is 12.0 Å². The molecule has 0 aromatic carbocycles. The molecule has 0 aliphatic heterocycles. The quantitative estimate of drug-likeness (QED) is 0.823. The molecule has 0 bridgehead atoms. The molecule has 15 heavy (non-hydrogen) atoms. The van der Waals surface area contributed by atoms with E-state index in [2.05, 4.69) is 29.9 Å². The molecule has 2 rings (SSSR count). The lowest BCUT2D eigenvalue weighted by Crippen LogP contribution is -2.33. The minimum atomic E-state index is 0.757. The van der Waals surface area contributed by atoms with Crippen LogP contribution in [0.15, 0.2) is 10.8 Å². The van der Waals surface area contributed by atoms with E-state index in [0.717, 1.165) is 18.5 Å². The molecule has 1 heterocycles. The molecule has 2 heteroatoms. The average Bonchev–Trinajstić information content (AvgIpc) is 2.61. The smallest absolute Gasteiger partial charge is 0.0218 e. The lowest BCUT2D eigenvalue weighted by molar-refractivity contribution is 0.300. The van der Waals surface area contributed by atoms with Gasteiger partial charge in [0.2, 0.25) is 0 Å². The van der Waals surface area contributed by atoms with Crippen LogP contribution in [-0.2, 0) is 6.54 Å². The highest BCUT2D eigenvalue weighted by Crippen LogP contribution is 2.24. The van der Waals surface area contributed by atoms with E-state index in [4.69, 9.17) is 0 Å². The van der Waals surface area contributed by atoms with Crippen molar-refractivity contribution in [3.05, 3.63) is 21.9 Å². The summed E-state index contributed by atoms with van der Waals surface area (Å²) in [7, 11) is 0. The maximum absolute atomic E-state index is 3.70. The van der Waals surface area contributed by atoms with E-state index in [0.29, 0.717) is 0 Å². The molecule has 1 fully saturated rings. The van der Waals surface area contributed by atoms with Gasteiger partial charge in [0.25, 0.3) is 0 Å². The number of hydrogen-bond donors (Lipinski definition) is 1. The number of nitrogens with one attached hydrogen (secondary N) is 1. The molecule has 1 nitrogen and oxygen atoms in total. The van der Waals surface area contributed by atoms with Crippen molar-refractivity contribution in [3.63, 3.8) is 0 Å². The number of aryl methyl sites for hydroxylation is 1. The Kier molecular flexibility index (Phi) is 3.81. The van der Waals surface area contributed by atoms with Crippen LogP contribution in [0.4, 0.5) is 0 Å². The highest BCUT2D eigenvalue weighted by molar-refractivity contribution is 7.08. The van der Waals surface area contributed by atoms with Gasteiger partial charge in [-0.3, -0.25) is 0 Å². The molecule has 1 aromatic heterocycles. The van der Waals surface area contributed by atoms with Crippen LogP contribution in [0, 0.1) is 12.8 Å². The molecule has 1 N–H and O–H groups in total. The second kappa shape index (κ2) is 5.13. The van der Waals surface area contributed by atoms with E-state index in [1.54, 1.807) is 0 Å². The van der Waals surface area contributed by atoms with Crippen molar-refractivity contribution < 1.29 is 0 Å². The fraction of sp³-hybridized carbons (Fsp3) is 0.692. The van der Waals surface area contributed by atoms with E-state index in [9.17, 15) is 0 Å². The van der Waals surface area contributed by atoms with Gasteiger partial charge < -0.3 is 5.32 Å². The van der Waals surface area contributed by atoms with Crippen molar-refractivity contribution >= 4 is 11.3 Å². The van der Waals surface area contributed by atoms with Crippen molar-refractivity contribution in [1.29, 1.82) is 0 Å². The van der Waals surface area contributed by atoms with Crippen LogP contribution in [0.2, 0.25) is 0 Å². The average molecular weight is 223 g/mol. The lowest BCUT2D eigenvalue weighted by Gasteiger charge is -2.27. The van der Waals surface area contributed by atoms with E-state index in [1.165, 1.54) is 36.8 Å². The third-order valence-electron chi connectivity index (χ3n) is 3.48. The SMILES string of the molecule is Cc1cscc1CNC1CCCC(C)C1. The van der Waals surface area contributed by atoms with Crippen LogP contribution >= 0.6 is 11.3 Å². The predicted octanol–water partition coefficient (Wildman–Crippen LogP) is 3.72.